The average molecular weight is 429 g/mol. The molecule has 0 bridgehead atoms. The molecule has 1 saturated carbocycles. The molecule has 31 heavy (non-hydrogen) atoms. The SMILES string of the molecule is Cc1nn(C)cc1CN1CCN(C(=O)c2cc3nc(C4CC4)cc(C(F)F)n3n2)CC1. The van der Waals surface area contributed by atoms with Crippen molar-refractivity contribution in [3.05, 3.63) is 46.7 Å². The van der Waals surface area contributed by atoms with Gasteiger partial charge in [0.05, 0.1) is 5.69 Å². The molecule has 0 atom stereocenters. The van der Waals surface area contributed by atoms with Gasteiger partial charge in [-0.3, -0.25) is 14.4 Å². The lowest BCUT2D eigenvalue weighted by Gasteiger charge is -2.34. The number of rotatable bonds is 5. The van der Waals surface area contributed by atoms with Crippen molar-refractivity contribution in [2.75, 3.05) is 26.2 Å². The number of piperazine rings is 1. The third-order valence-corrected chi connectivity index (χ3v) is 6.08. The van der Waals surface area contributed by atoms with Crippen LogP contribution < -0.4 is 0 Å². The van der Waals surface area contributed by atoms with Crippen molar-refractivity contribution in [2.24, 2.45) is 7.05 Å². The van der Waals surface area contributed by atoms with Crippen LogP contribution in [0.1, 0.15) is 58.3 Å². The molecule has 8 nitrogen and oxygen atoms in total. The van der Waals surface area contributed by atoms with Crippen LogP contribution in [-0.2, 0) is 13.6 Å². The van der Waals surface area contributed by atoms with Gasteiger partial charge in [-0.2, -0.15) is 10.2 Å². The lowest BCUT2D eigenvalue weighted by Crippen LogP contribution is -2.48. The summed E-state index contributed by atoms with van der Waals surface area (Å²) < 4.78 is 30.1. The van der Waals surface area contributed by atoms with Gasteiger partial charge in [-0.15, -0.1) is 0 Å². The number of nitrogens with zero attached hydrogens (tertiary/aromatic N) is 7. The zero-order chi connectivity index (χ0) is 21.7. The van der Waals surface area contributed by atoms with E-state index in [1.54, 1.807) is 4.90 Å². The van der Waals surface area contributed by atoms with Crippen LogP contribution in [-0.4, -0.2) is 66.3 Å². The molecule has 0 aromatic carbocycles. The minimum Gasteiger partial charge on any atom is -0.335 e. The molecule has 0 radical (unpaired) electrons. The fourth-order valence-corrected chi connectivity index (χ4v) is 4.18. The van der Waals surface area contributed by atoms with Crippen LogP contribution in [0.3, 0.4) is 0 Å². The summed E-state index contributed by atoms with van der Waals surface area (Å²) in [6.45, 7) is 5.39. The Kier molecular flexibility index (Phi) is 4.96. The Morgan fingerprint density at radius 2 is 1.90 bits per heavy atom. The molecule has 1 saturated heterocycles. The monoisotopic (exact) mass is 429 g/mol. The second-order valence-corrected chi connectivity index (χ2v) is 8.46. The Morgan fingerprint density at radius 3 is 2.52 bits per heavy atom. The summed E-state index contributed by atoms with van der Waals surface area (Å²) in [5, 5.41) is 8.57. The van der Waals surface area contributed by atoms with E-state index < -0.39 is 6.43 Å². The zero-order valence-electron chi connectivity index (χ0n) is 17.6. The van der Waals surface area contributed by atoms with E-state index in [0.29, 0.717) is 24.4 Å². The maximum atomic E-state index is 13.6. The zero-order valence-corrected chi connectivity index (χ0v) is 17.6. The van der Waals surface area contributed by atoms with Crippen LogP contribution in [0.5, 0.6) is 0 Å². The Bertz CT molecular complexity index is 1130. The Hall–Kier alpha value is -2.88. The van der Waals surface area contributed by atoms with Crippen LogP contribution in [0.25, 0.3) is 5.65 Å². The molecule has 2 fully saturated rings. The summed E-state index contributed by atoms with van der Waals surface area (Å²) >= 11 is 0. The topological polar surface area (TPSA) is 71.6 Å². The van der Waals surface area contributed by atoms with Crippen molar-refractivity contribution < 1.29 is 13.6 Å². The lowest BCUT2D eigenvalue weighted by atomic mass is 10.2. The first-order chi connectivity index (χ1) is 14.9. The third kappa shape index (κ3) is 3.91. The summed E-state index contributed by atoms with van der Waals surface area (Å²) in [4.78, 5) is 21.5. The first kappa shape index (κ1) is 20.0. The van der Waals surface area contributed by atoms with E-state index in [4.69, 9.17) is 0 Å². The highest BCUT2D eigenvalue weighted by molar-refractivity contribution is 5.93. The second kappa shape index (κ2) is 7.67. The number of amides is 1. The summed E-state index contributed by atoms with van der Waals surface area (Å²) in [6, 6.07) is 2.96. The molecular weight excluding hydrogens is 404 g/mol. The van der Waals surface area contributed by atoms with E-state index in [9.17, 15) is 13.6 Å². The molecule has 3 aromatic heterocycles. The molecular formula is C21H25F2N7O. The number of alkyl halides is 2. The van der Waals surface area contributed by atoms with Crippen LogP contribution >= 0.6 is 0 Å². The standard InChI is InChI=1S/C21H25F2N7O/c1-13-15(11-27(2)25-13)12-28-5-7-29(8-6-28)21(31)17-10-19-24-16(14-3-4-14)9-18(20(22)23)30(19)26-17/h9-11,14,20H,3-8,12H2,1-2H3. The highest BCUT2D eigenvalue weighted by atomic mass is 19.3. The van der Waals surface area contributed by atoms with Crippen molar-refractivity contribution in [3.8, 4) is 0 Å². The summed E-state index contributed by atoms with van der Waals surface area (Å²) in [7, 11) is 1.91. The Morgan fingerprint density at radius 1 is 1.16 bits per heavy atom. The van der Waals surface area contributed by atoms with Crippen LogP contribution in [0.15, 0.2) is 18.3 Å². The molecule has 1 aliphatic carbocycles. The minimum atomic E-state index is -2.68. The van der Waals surface area contributed by atoms with Crippen LogP contribution in [0, 0.1) is 6.92 Å². The van der Waals surface area contributed by atoms with Gasteiger partial charge in [0.25, 0.3) is 12.3 Å². The largest absolute Gasteiger partial charge is 0.335 e. The van der Waals surface area contributed by atoms with Crippen LogP contribution in [0.2, 0.25) is 0 Å². The molecule has 10 heteroatoms. The maximum Gasteiger partial charge on any atom is 0.280 e. The van der Waals surface area contributed by atoms with Gasteiger partial charge >= 0.3 is 0 Å². The van der Waals surface area contributed by atoms with E-state index in [0.717, 1.165) is 42.7 Å². The number of hydrogen-bond donors (Lipinski definition) is 0. The summed E-state index contributed by atoms with van der Waals surface area (Å²) in [5.41, 5.74) is 3.13. The van der Waals surface area contributed by atoms with Crippen molar-refractivity contribution in [1.82, 2.24) is 34.2 Å². The molecule has 1 amide bonds. The fraction of sp³-hybridized carbons (Fsp3) is 0.524. The summed E-state index contributed by atoms with van der Waals surface area (Å²) in [6.07, 6.45) is 1.28. The van der Waals surface area contributed by atoms with Crippen molar-refractivity contribution in [3.63, 3.8) is 0 Å². The Balaban J connectivity index is 1.30. The van der Waals surface area contributed by atoms with Crippen molar-refractivity contribution in [2.45, 2.75) is 38.7 Å². The number of carbonyl (C=O) groups is 1. The molecule has 0 N–H and O–H groups in total. The Labute approximate surface area is 178 Å². The maximum absolute atomic E-state index is 13.6. The molecule has 1 aliphatic heterocycles. The van der Waals surface area contributed by atoms with E-state index in [1.165, 1.54) is 17.7 Å². The van der Waals surface area contributed by atoms with E-state index >= 15 is 0 Å². The number of halogens is 2. The lowest BCUT2D eigenvalue weighted by molar-refractivity contribution is 0.0621. The van der Waals surface area contributed by atoms with E-state index in [-0.39, 0.29) is 23.2 Å². The molecule has 3 aromatic rings. The highest BCUT2D eigenvalue weighted by Crippen LogP contribution is 2.40. The number of carbonyl (C=O) groups excluding carboxylic acids is 1. The number of aromatic nitrogens is 5. The van der Waals surface area contributed by atoms with E-state index in [1.807, 2.05) is 24.9 Å². The highest BCUT2D eigenvalue weighted by Gasteiger charge is 2.29. The van der Waals surface area contributed by atoms with Gasteiger partial charge in [0.1, 0.15) is 5.69 Å². The van der Waals surface area contributed by atoms with Gasteiger partial charge in [-0.05, 0) is 25.8 Å². The van der Waals surface area contributed by atoms with Crippen molar-refractivity contribution in [1.29, 1.82) is 0 Å². The molecule has 4 heterocycles. The van der Waals surface area contributed by atoms with Gasteiger partial charge in [-0.25, -0.2) is 18.3 Å². The molecule has 2 aliphatic rings. The molecule has 164 valence electrons. The smallest absolute Gasteiger partial charge is 0.280 e. The predicted octanol–water partition coefficient (Wildman–Crippen LogP) is 2.54. The van der Waals surface area contributed by atoms with Gasteiger partial charge in [0.2, 0.25) is 0 Å². The van der Waals surface area contributed by atoms with E-state index in [2.05, 4.69) is 20.1 Å². The minimum absolute atomic E-state index is 0.166. The third-order valence-electron chi connectivity index (χ3n) is 6.08. The first-order valence-electron chi connectivity index (χ1n) is 10.6. The van der Waals surface area contributed by atoms with Gasteiger partial charge in [0, 0.05) is 69.2 Å². The van der Waals surface area contributed by atoms with Crippen LogP contribution in [0.4, 0.5) is 8.78 Å². The summed E-state index contributed by atoms with van der Waals surface area (Å²) in [5.74, 6) is 0.00368. The van der Waals surface area contributed by atoms with Gasteiger partial charge < -0.3 is 4.90 Å². The molecule has 0 unspecified atom stereocenters. The number of aryl methyl sites for hydroxylation is 2. The number of fused-ring (bicyclic) bond motifs is 1. The normalized spacial score (nSPS) is 17.8. The van der Waals surface area contributed by atoms with Crippen molar-refractivity contribution >= 4 is 11.6 Å². The van der Waals surface area contributed by atoms with Gasteiger partial charge in [-0.1, -0.05) is 0 Å². The number of hydrogen-bond acceptors (Lipinski definition) is 5. The predicted molar refractivity (Wildman–Crippen MR) is 109 cm³/mol. The molecule has 5 rings (SSSR count). The fourth-order valence-electron chi connectivity index (χ4n) is 4.18. The van der Waals surface area contributed by atoms with Gasteiger partial charge in [0.15, 0.2) is 11.3 Å². The quantitative estimate of drug-likeness (QED) is 0.623. The molecule has 0 spiro atoms. The average Bonchev–Trinajstić information content (AvgIpc) is 3.43. The second-order valence-electron chi connectivity index (χ2n) is 8.46. The first-order valence-corrected chi connectivity index (χ1v) is 10.6.